The SMILES string of the molecule is COC(=O)[C@]12C(=O)CC[C@H]1[C@@H](CO[Si](C)(C)C(C)(C)C)C=C[C@H]2OCc1ccccc1. The normalized spacial score (nSPS) is 28.5. The molecule has 0 N–H and O–H groups in total. The third-order valence-electron chi connectivity index (χ3n) is 7.47. The molecule has 0 spiro atoms. The topological polar surface area (TPSA) is 61.8 Å². The Bertz CT molecular complexity index is 826. The zero-order valence-corrected chi connectivity index (χ0v) is 20.6. The Morgan fingerprint density at radius 1 is 1.16 bits per heavy atom. The Hall–Kier alpha value is -1.76. The van der Waals surface area contributed by atoms with Crippen molar-refractivity contribution in [1.29, 1.82) is 0 Å². The molecule has 6 heteroatoms. The lowest BCUT2D eigenvalue weighted by atomic mass is 9.64. The van der Waals surface area contributed by atoms with Crippen molar-refractivity contribution in [2.45, 2.75) is 64.5 Å². The van der Waals surface area contributed by atoms with Gasteiger partial charge in [0, 0.05) is 18.9 Å². The molecule has 2 aliphatic carbocycles. The van der Waals surface area contributed by atoms with Crippen LogP contribution in [0.3, 0.4) is 0 Å². The molecule has 170 valence electrons. The van der Waals surface area contributed by atoms with Crippen LogP contribution in [0, 0.1) is 17.3 Å². The predicted molar refractivity (Wildman–Crippen MR) is 123 cm³/mol. The smallest absolute Gasteiger partial charge is 0.322 e. The molecule has 31 heavy (non-hydrogen) atoms. The molecule has 0 aromatic heterocycles. The molecule has 0 amide bonds. The van der Waals surface area contributed by atoms with E-state index in [-0.39, 0.29) is 22.7 Å². The third kappa shape index (κ3) is 4.43. The Balaban J connectivity index is 1.88. The molecule has 0 saturated heterocycles. The van der Waals surface area contributed by atoms with Crippen LogP contribution < -0.4 is 0 Å². The molecule has 5 nitrogen and oxygen atoms in total. The van der Waals surface area contributed by atoms with Crippen LogP contribution in [-0.4, -0.2) is 39.9 Å². The summed E-state index contributed by atoms with van der Waals surface area (Å²) in [6.07, 6.45) is 4.36. The molecule has 0 bridgehead atoms. The van der Waals surface area contributed by atoms with E-state index >= 15 is 0 Å². The number of methoxy groups -OCH3 is 1. The molecule has 1 fully saturated rings. The highest BCUT2D eigenvalue weighted by Crippen LogP contribution is 2.53. The number of benzene rings is 1. The van der Waals surface area contributed by atoms with Crippen molar-refractivity contribution >= 4 is 20.1 Å². The van der Waals surface area contributed by atoms with Crippen molar-refractivity contribution in [3.8, 4) is 0 Å². The largest absolute Gasteiger partial charge is 0.468 e. The summed E-state index contributed by atoms with van der Waals surface area (Å²) in [5.41, 5.74) is -0.291. The third-order valence-corrected chi connectivity index (χ3v) is 12.0. The maximum atomic E-state index is 13.2. The summed E-state index contributed by atoms with van der Waals surface area (Å²) in [4.78, 5) is 26.3. The van der Waals surface area contributed by atoms with Gasteiger partial charge in [-0.05, 0) is 36.0 Å². The van der Waals surface area contributed by atoms with E-state index in [2.05, 4.69) is 39.9 Å². The first kappa shape index (κ1) is 23.9. The number of hydrogen-bond acceptors (Lipinski definition) is 5. The lowest BCUT2D eigenvalue weighted by molar-refractivity contribution is -0.172. The fourth-order valence-electron chi connectivity index (χ4n) is 4.57. The lowest BCUT2D eigenvalue weighted by Crippen LogP contribution is -2.55. The molecule has 4 atom stereocenters. The maximum absolute atomic E-state index is 13.2. The number of carbonyl (C=O) groups is 2. The van der Waals surface area contributed by atoms with E-state index in [4.69, 9.17) is 13.9 Å². The first-order chi connectivity index (χ1) is 14.5. The number of esters is 1. The molecule has 0 radical (unpaired) electrons. The average molecular weight is 445 g/mol. The minimum absolute atomic E-state index is 0.0174. The second kappa shape index (κ2) is 9.00. The van der Waals surface area contributed by atoms with Gasteiger partial charge in [0.15, 0.2) is 19.5 Å². The minimum atomic E-state index is -1.95. The number of hydrogen-bond donors (Lipinski definition) is 0. The van der Waals surface area contributed by atoms with Crippen molar-refractivity contribution in [3.05, 3.63) is 48.0 Å². The zero-order valence-electron chi connectivity index (χ0n) is 19.6. The monoisotopic (exact) mass is 444 g/mol. The molecular formula is C25H36O5Si. The summed E-state index contributed by atoms with van der Waals surface area (Å²) >= 11 is 0. The number of rotatable bonds is 7. The quantitative estimate of drug-likeness (QED) is 0.259. The van der Waals surface area contributed by atoms with E-state index in [1.54, 1.807) is 0 Å². The average Bonchev–Trinajstić information content (AvgIpc) is 3.09. The highest BCUT2D eigenvalue weighted by atomic mass is 28.4. The molecular weight excluding hydrogens is 408 g/mol. The molecule has 2 aliphatic rings. The fraction of sp³-hybridized carbons (Fsp3) is 0.600. The number of ether oxygens (including phenoxy) is 2. The van der Waals surface area contributed by atoms with Gasteiger partial charge in [-0.25, -0.2) is 0 Å². The molecule has 0 unspecified atom stereocenters. The Morgan fingerprint density at radius 3 is 2.45 bits per heavy atom. The molecule has 1 aromatic rings. The summed E-state index contributed by atoms with van der Waals surface area (Å²) in [7, 11) is -0.598. The van der Waals surface area contributed by atoms with Gasteiger partial charge in [-0.3, -0.25) is 9.59 Å². The van der Waals surface area contributed by atoms with Crippen LogP contribution in [0.4, 0.5) is 0 Å². The number of ketones is 1. The number of carbonyl (C=O) groups excluding carboxylic acids is 2. The highest BCUT2D eigenvalue weighted by Gasteiger charge is 2.64. The van der Waals surface area contributed by atoms with E-state index < -0.39 is 25.8 Å². The Morgan fingerprint density at radius 2 is 1.84 bits per heavy atom. The van der Waals surface area contributed by atoms with Gasteiger partial charge in [0.05, 0.1) is 19.8 Å². The van der Waals surface area contributed by atoms with Crippen LogP contribution in [0.15, 0.2) is 42.5 Å². The van der Waals surface area contributed by atoms with Crippen LogP contribution in [-0.2, 0) is 30.1 Å². The fourth-order valence-corrected chi connectivity index (χ4v) is 5.61. The summed E-state index contributed by atoms with van der Waals surface area (Å²) in [5, 5.41) is 0.0949. The van der Waals surface area contributed by atoms with Gasteiger partial charge < -0.3 is 13.9 Å². The van der Waals surface area contributed by atoms with Crippen LogP contribution in [0.5, 0.6) is 0 Å². The lowest BCUT2D eigenvalue weighted by Gasteiger charge is -2.44. The maximum Gasteiger partial charge on any atom is 0.322 e. The predicted octanol–water partition coefficient (Wildman–Crippen LogP) is 4.92. The number of Topliss-reactive ketones (excluding diaryl/α,β-unsaturated/α-hetero) is 1. The van der Waals surface area contributed by atoms with E-state index in [0.717, 1.165) is 5.56 Å². The summed E-state index contributed by atoms with van der Waals surface area (Å²) in [6, 6.07) is 9.79. The highest BCUT2D eigenvalue weighted by molar-refractivity contribution is 6.74. The molecule has 3 rings (SSSR count). The van der Waals surface area contributed by atoms with Crippen LogP contribution in [0.2, 0.25) is 18.1 Å². The van der Waals surface area contributed by atoms with Crippen molar-refractivity contribution in [2.75, 3.05) is 13.7 Å². The van der Waals surface area contributed by atoms with E-state index in [9.17, 15) is 9.59 Å². The van der Waals surface area contributed by atoms with E-state index in [1.807, 2.05) is 36.4 Å². The molecule has 0 aliphatic heterocycles. The van der Waals surface area contributed by atoms with Gasteiger partial charge in [-0.15, -0.1) is 0 Å². The second-order valence-corrected chi connectivity index (χ2v) is 15.1. The first-order valence-corrected chi connectivity index (χ1v) is 14.0. The van der Waals surface area contributed by atoms with E-state index in [0.29, 0.717) is 26.1 Å². The summed E-state index contributed by atoms with van der Waals surface area (Å²) < 4.78 is 17.9. The van der Waals surface area contributed by atoms with Gasteiger partial charge in [-0.2, -0.15) is 0 Å². The minimum Gasteiger partial charge on any atom is -0.468 e. The molecule has 0 heterocycles. The first-order valence-electron chi connectivity index (χ1n) is 11.1. The Kier molecular flexibility index (Phi) is 6.94. The van der Waals surface area contributed by atoms with Crippen molar-refractivity contribution < 1.29 is 23.5 Å². The molecule has 1 saturated carbocycles. The standard InChI is InChI=1S/C25H36O5Si/c1-24(2,3)31(5,6)30-17-19-12-15-22(29-16-18-10-8-7-9-11-18)25(23(27)28-4)20(19)13-14-21(25)26/h7-12,15,19-20,22H,13-14,16-17H2,1-6H3/t19-,20+,22-,25+/m1/s1. The summed E-state index contributed by atoms with van der Waals surface area (Å²) in [6.45, 7) is 11.9. The van der Waals surface area contributed by atoms with Gasteiger partial charge in [0.2, 0.25) is 0 Å². The zero-order chi connectivity index (χ0) is 22.9. The van der Waals surface area contributed by atoms with Gasteiger partial charge in [0.1, 0.15) is 0 Å². The Labute approximate surface area is 187 Å². The van der Waals surface area contributed by atoms with Gasteiger partial charge >= 0.3 is 5.97 Å². The van der Waals surface area contributed by atoms with Gasteiger partial charge in [-0.1, -0.05) is 63.3 Å². The van der Waals surface area contributed by atoms with Crippen molar-refractivity contribution in [2.24, 2.45) is 17.3 Å². The van der Waals surface area contributed by atoms with Gasteiger partial charge in [0.25, 0.3) is 0 Å². The van der Waals surface area contributed by atoms with Crippen LogP contribution in [0.25, 0.3) is 0 Å². The van der Waals surface area contributed by atoms with Crippen LogP contribution >= 0.6 is 0 Å². The van der Waals surface area contributed by atoms with E-state index in [1.165, 1.54) is 7.11 Å². The molecule has 1 aromatic carbocycles. The second-order valence-electron chi connectivity index (χ2n) is 10.3. The van der Waals surface area contributed by atoms with Crippen molar-refractivity contribution in [1.82, 2.24) is 0 Å². The van der Waals surface area contributed by atoms with Crippen LogP contribution in [0.1, 0.15) is 39.2 Å². The number of fused-ring (bicyclic) bond motifs is 1. The van der Waals surface area contributed by atoms with Crippen molar-refractivity contribution in [3.63, 3.8) is 0 Å². The summed E-state index contributed by atoms with van der Waals surface area (Å²) in [5.74, 6) is -0.761.